The number of anilines is 1. The molecule has 2 aromatic rings. The van der Waals surface area contributed by atoms with Crippen LogP contribution in [0.15, 0.2) is 33.9 Å². The lowest BCUT2D eigenvalue weighted by Gasteiger charge is -2.50. The largest absolute Gasteiger partial charge is 0.504 e. The first kappa shape index (κ1) is 36.4. The van der Waals surface area contributed by atoms with E-state index in [1.807, 2.05) is 0 Å². The van der Waals surface area contributed by atoms with E-state index in [1.165, 1.54) is 34.2 Å². The molecule has 3 fully saturated rings. The van der Waals surface area contributed by atoms with Crippen LogP contribution < -0.4 is 11.1 Å². The number of fused-ring (bicyclic) bond motifs is 1. The van der Waals surface area contributed by atoms with Crippen molar-refractivity contribution in [2.75, 3.05) is 44.2 Å². The number of phenolic OH excluding ortho intramolecular Hbond substituents is 2. The molecule has 4 heterocycles. The van der Waals surface area contributed by atoms with Gasteiger partial charge in [-0.3, -0.25) is 19.3 Å². The summed E-state index contributed by atoms with van der Waals surface area (Å²) in [5.41, 5.74) is 4.54. The van der Waals surface area contributed by atoms with Gasteiger partial charge in [-0.2, -0.15) is 0 Å². The number of oxime groups is 1. The summed E-state index contributed by atoms with van der Waals surface area (Å²) in [6, 6.07) is 2.47. The van der Waals surface area contributed by atoms with E-state index in [0.29, 0.717) is 35.3 Å². The molecule has 16 nitrogen and oxygen atoms in total. The number of rotatable bonds is 14. The molecule has 0 spiro atoms. The summed E-state index contributed by atoms with van der Waals surface area (Å²) >= 11 is 8.47. The number of aromatic nitrogens is 1. The Labute approximate surface area is 304 Å². The van der Waals surface area contributed by atoms with Gasteiger partial charge in [-0.15, -0.1) is 23.1 Å². The molecular weight excluding hydrogens is 728 g/mol. The molecule has 2 atom stereocenters. The number of phenols is 2. The number of hydrogen-bond acceptors (Lipinski definition) is 13. The lowest BCUT2D eigenvalue weighted by atomic mass is 9.80. The summed E-state index contributed by atoms with van der Waals surface area (Å²) in [6.07, 6.45) is 2.55. The third-order valence-electron chi connectivity index (χ3n) is 9.91. The maximum Gasteiger partial charge on any atom is 0.352 e. The van der Waals surface area contributed by atoms with Gasteiger partial charge in [-0.05, 0) is 18.6 Å². The van der Waals surface area contributed by atoms with Crippen molar-refractivity contribution in [1.82, 2.24) is 15.2 Å². The van der Waals surface area contributed by atoms with Crippen LogP contribution in [-0.4, -0.2) is 119 Å². The SMILES string of the molecule is Nc1nc(/C(=N\OC2(C(=O)O)CCC2)C(=O)C[C@@H]2C(=O)N3C(C(=O)O)=C(C[N+]4(CCNC(=O)c5ccc(O)c(O)c5Cl)CCCC4)CS[C@H]23)cs1. The predicted molar refractivity (Wildman–Crippen MR) is 185 cm³/mol. The van der Waals surface area contributed by atoms with E-state index in [4.69, 9.17) is 22.2 Å². The second-order valence-corrected chi connectivity index (χ2v) is 15.5. The average Bonchev–Trinajstić information content (AvgIpc) is 3.72. The second kappa shape index (κ2) is 14.3. The Morgan fingerprint density at radius 2 is 1.88 bits per heavy atom. The maximum atomic E-state index is 13.6. The standard InChI is InChI=1S/C32H35ClN6O10S2/c33-22-17(4-5-20(40)25(22)42)26(43)35-8-11-39(9-1-2-10-39)13-16-14-50-28-18(27(44)38(28)24(16)29(45)46)12-21(41)23(19-15-51-31(34)36-19)37-49-32(30(47)48)6-3-7-32/h4-5,15,18,28H,1-3,6-14H2,(H6-,34,35,36,37,40,41,42,43,45,46,47,48)/p+1/t18-,28-/m1/s1. The van der Waals surface area contributed by atoms with Gasteiger partial charge in [0.25, 0.3) is 5.91 Å². The second-order valence-electron chi connectivity index (χ2n) is 13.1. The molecule has 2 amide bonds. The minimum atomic E-state index is -1.54. The van der Waals surface area contributed by atoms with Crippen molar-refractivity contribution in [1.29, 1.82) is 0 Å². The molecule has 51 heavy (non-hydrogen) atoms. The summed E-state index contributed by atoms with van der Waals surface area (Å²) in [4.78, 5) is 75.2. The number of aliphatic carboxylic acids is 2. The fraction of sp³-hybridized carbons (Fsp3) is 0.469. The van der Waals surface area contributed by atoms with Crippen LogP contribution in [0.5, 0.6) is 11.5 Å². The molecule has 1 aromatic heterocycles. The molecule has 0 bridgehead atoms. The number of halogens is 1. The normalized spacial score (nSPS) is 22.1. The first-order chi connectivity index (χ1) is 24.3. The Hall–Kier alpha value is -4.39. The quantitative estimate of drug-likeness (QED) is 0.0533. The Balaban J connectivity index is 1.15. The number of nitrogen functional groups attached to an aromatic ring is 1. The maximum absolute atomic E-state index is 13.6. The first-order valence-corrected chi connectivity index (χ1v) is 18.5. The number of nitrogens with one attached hydrogen (secondary N) is 1. The Morgan fingerprint density at radius 1 is 1.16 bits per heavy atom. The molecule has 2 saturated heterocycles. The molecule has 1 aromatic carbocycles. The topological polar surface area (TPSA) is 242 Å². The van der Waals surface area contributed by atoms with Gasteiger partial charge >= 0.3 is 11.9 Å². The third-order valence-corrected chi connectivity index (χ3v) is 12.4. The van der Waals surface area contributed by atoms with Gasteiger partial charge in [-0.1, -0.05) is 16.8 Å². The van der Waals surface area contributed by atoms with Crippen molar-refractivity contribution in [2.24, 2.45) is 11.1 Å². The number of aromatic hydroxyl groups is 2. The minimum Gasteiger partial charge on any atom is -0.504 e. The van der Waals surface area contributed by atoms with Crippen molar-refractivity contribution in [3.63, 3.8) is 0 Å². The van der Waals surface area contributed by atoms with E-state index < -0.39 is 57.9 Å². The highest BCUT2D eigenvalue weighted by Gasteiger charge is 2.55. The van der Waals surface area contributed by atoms with Crippen LogP contribution in [0.3, 0.4) is 0 Å². The molecular formula is C32H36ClN6O10S2+. The van der Waals surface area contributed by atoms with E-state index in [-0.39, 0.29) is 58.6 Å². The van der Waals surface area contributed by atoms with Gasteiger partial charge in [0.05, 0.1) is 48.1 Å². The molecule has 1 saturated carbocycles. The molecule has 7 N–H and O–H groups in total. The predicted octanol–water partition coefficient (Wildman–Crippen LogP) is 2.39. The molecule has 4 aliphatic rings. The van der Waals surface area contributed by atoms with Gasteiger partial charge in [0.1, 0.15) is 17.9 Å². The van der Waals surface area contributed by atoms with Gasteiger partial charge in [-0.25, -0.2) is 14.6 Å². The van der Waals surface area contributed by atoms with Crippen molar-refractivity contribution >= 4 is 75.1 Å². The van der Waals surface area contributed by atoms with Crippen LogP contribution in [0.4, 0.5) is 5.13 Å². The number of carboxylic acid groups (broad SMARTS) is 2. The van der Waals surface area contributed by atoms with Crippen LogP contribution >= 0.6 is 34.7 Å². The van der Waals surface area contributed by atoms with Gasteiger partial charge in [0, 0.05) is 48.8 Å². The lowest BCUT2D eigenvalue weighted by molar-refractivity contribution is -0.911. The molecule has 3 aliphatic heterocycles. The zero-order valence-corrected chi connectivity index (χ0v) is 29.6. The Morgan fingerprint density at radius 3 is 2.49 bits per heavy atom. The number of ketones is 1. The van der Waals surface area contributed by atoms with Crippen molar-refractivity contribution < 1.29 is 53.7 Å². The van der Waals surface area contributed by atoms with Gasteiger partial charge < -0.3 is 40.8 Å². The number of Topliss-reactive ketones (excluding diaryl/α,β-unsaturated/α-hetero) is 1. The van der Waals surface area contributed by atoms with Gasteiger partial charge in [0.2, 0.25) is 11.5 Å². The number of hydrogen-bond donors (Lipinski definition) is 6. The molecule has 19 heteroatoms. The summed E-state index contributed by atoms with van der Waals surface area (Å²) in [5.74, 6) is -5.71. The van der Waals surface area contributed by atoms with E-state index >= 15 is 0 Å². The highest BCUT2D eigenvalue weighted by atomic mass is 35.5. The highest BCUT2D eigenvalue weighted by Crippen LogP contribution is 2.46. The summed E-state index contributed by atoms with van der Waals surface area (Å²) in [6.45, 7) is 2.51. The number of thioether (sulfide) groups is 1. The van der Waals surface area contributed by atoms with Crippen LogP contribution in [0, 0.1) is 5.92 Å². The summed E-state index contributed by atoms with van der Waals surface area (Å²) in [5, 5.41) is 47.0. The van der Waals surface area contributed by atoms with Crippen LogP contribution in [0.25, 0.3) is 0 Å². The number of nitrogens with two attached hydrogens (primary N) is 1. The zero-order chi connectivity index (χ0) is 36.7. The molecule has 0 unspecified atom stereocenters. The number of benzene rings is 1. The number of carbonyl (C=O) groups is 5. The fourth-order valence-corrected chi connectivity index (χ4v) is 9.15. The summed E-state index contributed by atoms with van der Waals surface area (Å²) in [7, 11) is 0. The molecule has 1 aliphatic carbocycles. The molecule has 272 valence electrons. The van der Waals surface area contributed by atoms with E-state index in [2.05, 4.69) is 15.5 Å². The Bertz CT molecular complexity index is 1850. The van der Waals surface area contributed by atoms with Crippen LogP contribution in [0.2, 0.25) is 5.02 Å². The van der Waals surface area contributed by atoms with E-state index in [1.54, 1.807) is 0 Å². The highest BCUT2D eigenvalue weighted by molar-refractivity contribution is 8.00. The Kier molecular flexibility index (Phi) is 10.2. The molecule has 6 rings (SSSR count). The van der Waals surface area contributed by atoms with Crippen molar-refractivity contribution in [3.05, 3.63) is 45.1 Å². The summed E-state index contributed by atoms with van der Waals surface area (Å²) < 4.78 is 0.491. The third kappa shape index (κ3) is 6.96. The molecule has 0 radical (unpaired) electrons. The minimum absolute atomic E-state index is 0.000890. The van der Waals surface area contributed by atoms with Crippen molar-refractivity contribution in [2.45, 2.75) is 49.5 Å². The van der Waals surface area contributed by atoms with E-state index in [9.17, 15) is 44.4 Å². The van der Waals surface area contributed by atoms with Gasteiger partial charge in [0.15, 0.2) is 28.1 Å². The van der Waals surface area contributed by atoms with E-state index in [0.717, 1.165) is 37.3 Å². The fourth-order valence-electron chi connectivity index (χ4n) is 6.95. The number of likely N-dealkylation sites (tertiary alicyclic amines) is 1. The number of β-lactam (4-membered cyclic amide) rings is 1. The zero-order valence-electron chi connectivity index (χ0n) is 27.2. The smallest absolute Gasteiger partial charge is 0.352 e. The number of thiazole rings is 1. The number of carbonyl (C=O) groups excluding carboxylic acids is 3. The number of amides is 2. The van der Waals surface area contributed by atoms with Crippen LogP contribution in [0.1, 0.15) is 54.6 Å². The lowest BCUT2D eigenvalue weighted by Crippen LogP contribution is -2.63. The first-order valence-electron chi connectivity index (χ1n) is 16.2. The number of carboxylic acids is 2. The number of nitrogens with zero attached hydrogens (tertiary/aromatic N) is 4. The van der Waals surface area contributed by atoms with Crippen molar-refractivity contribution in [3.8, 4) is 11.5 Å². The average molecular weight is 764 g/mol. The monoisotopic (exact) mass is 763 g/mol. The number of quaternary nitrogens is 1. The van der Waals surface area contributed by atoms with Crippen LogP contribution in [-0.2, 0) is 24.0 Å².